The van der Waals surface area contributed by atoms with E-state index < -0.39 is 5.82 Å². The number of pyridine rings is 1. The maximum absolute atomic E-state index is 14.3. The van der Waals surface area contributed by atoms with Gasteiger partial charge in [0.1, 0.15) is 5.82 Å². The highest BCUT2D eigenvalue weighted by atomic mass is 19.1. The van der Waals surface area contributed by atoms with Crippen LogP contribution in [0, 0.1) is 24.6 Å². The third-order valence-corrected chi connectivity index (χ3v) is 8.42. The lowest BCUT2D eigenvalue weighted by Crippen LogP contribution is -2.38. The number of halogens is 1. The molecule has 1 aromatic carbocycles. The molecule has 198 valence electrons. The minimum Gasteiger partial charge on any atom is -0.339 e. The molecule has 0 spiro atoms. The molecule has 3 aromatic rings. The van der Waals surface area contributed by atoms with Crippen LogP contribution in [0.15, 0.2) is 36.8 Å². The molecule has 2 fully saturated rings. The average Bonchev–Trinajstić information content (AvgIpc) is 3.53. The second-order valence-corrected chi connectivity index (χ2v) is 11.4. The molecule has 4 heterocycles. The van der Waals surface area contributed by atoms with Gasteiger partial charge in [0, 0.05) is 37.4 Å². The quantitative estimate of drug-likeness (QED) is 0.500. The number of rotatable bonds is 7. The first-order valence-corrected chi connectivity index (χ1v) is 13.8. The highest BCUT2D eigenvalue weighted by molar-refractivity contribution is 5.99. The monoisotopic (exact) mass is 505 g/mol. The van der Waals surface area contributed by atoms with Gasteiger partial charge in [0.15, 0.2) is 0 Å². The van der Waals surface area contributed by atoms with Gasteiger partial charge in [-0.05, 0) is 114 Å². The van der Waals surface area contributed by atoms with E-state index in [2.05, 4.69) is 28.3 Å². The number of carbonyl (C=O) groups excluding carboxylic acids is 1. The molecule has 7 heteroatoms. The van der Waals surface area contributed by atoms with Gasteiger partial charge in [-0.3, -0.25) is 9.78 Å². The molecule has 1 N–H and O–H groups in total. The normalized spacial score (nSPS) is 19.2. The van der Waals surface area contributed by atoms with E-state index in [1.165, 1.54) is 62.0 Å². The standard InChI is InChI=1S/C30H40FN5O/c1-20(2)34(4)30(37)26-14-25(31)5-6-27(26)36-19-24(29-21(3)15-33-17-28(29)36)13-22-8-11-35(12-9-22)18-23-7-10-32-16-23/h5-6,14-15,17,19-20,22-23,32H,7-13,16,18H2,1-4H3/t23-/m1/s1. The van der Waals surface area contributed by atoms with Gasteiger partial charge in [-0.2, -0.15) is 0 Å². The van der Waals surface area contributed by atoms with Crippen LogP contribution in [0.5, 0.6) is 0 Å². The second-order valence-electron chi connectivity index (χ2n) is 11.4. The summed E-state index contributed by atoms with van der Waals surface area (Å²) in [6.07, 6.45) is 10.7. The number of hydrogen-bond acceptors (Lipinski definition) is 4. The van der Waals surface area contributed by atoms with Crippen LogP contribution >= 0.6 is 0 Å². The fourth-order valence-corrected chi connectivity index (χ4v) is 6.03. The number of likely N-dealkylation sites (tertiary alicyclic amines) is 1. The average molecular weight is 506 g/mol. The summed E-state index contributed by atoms with van der Waals surface area (Å²) in [7, 11) is 1.77. The molecule has 0 saturated carbocycles. The molecule has 37 heavy (non-hydrogen) atoms. The van der Waals surface area contributed by atoms with E-state index in [9.17, 15) is 9.18 Å². The zero-order valence-corrected chi connectivity index (χ0v) is 22.6. The Balaban J connectivity index is 1.43. The van der Waals surface area contributed by atoms with Crippen molar-refractivity contribution in [3.8, 4) is 5.69 Å². The largest absolute Gasteiger partial charge is 0.339 e. The van der Waals surface area contributed by atoms with Gasteiger partial charge in [0.05, 0.1) is 23.0 Å². The van der Waals surface area contributed by atoms with Crippen LogP contribution in [0.1, 0.15) is 54.6 Å². The topological polar surface area (TPSA) is 53.4 Å². The predicted molar refractivity (Wildman–Crippen MR) is 147 cm³/mol. The first kappa shape index (κ1) is 25.9. The van der Waals surface area contributed by atoms with Crippen LogP contribution in [0.25, 0.3) is 16.6 Å². The molecule has 0 aliphatic carbocycles. The van der Waals surface area contributed by atoms with Gasteiger partial charge in [-0.15, -0.1) is 0 Å². The predicted octanol–water partition coefficient (Wildman–Crippen LogP) is 4.82. The van der Waals surface area contributed by atoms with Crippen molar-refractivity contribution in [2.75, 3.05) is 39.8 Å². The number of nitrogens with zero attached hydrogens (tertiary/aromatic N) is 4. The van der Waals surface area contributed by atoms with E-state index in [1.54, 1.807) is 18.0 Å². The van der Waals surface area contributed by atoms with E-state index in [-0.39, 0.29) is 11.9 Å². The fourth-order valence-electron chi connectivity index (χ4n) is 6.03. The van der Waals surface area contributed by atoms with Gasteiger partial charge >= 0.3 is 0 Å². The molecule has 6 nitrogen and oxygen atoms in total. The zero-order valence-electron chi connectivity index (χ0n) is 22.6. The lowest BCUT2D eigenvalue weighted by molar-refractivity contribution is 0.0754. The molecule has 2 aromatic heterocycles. The summed E-state index contributed by atoms with van der Waals surface area (Å²) in [6.45, 7) is 11.9. The number of hydrogen-bond donors (Lipinski definition) is 1. The first-order chi connectivity index (χ1) is 17.8. The number of piperidine rings is 1. The Hall–Kier alpha value is -2.77. The van der Waals surface area contributed by atoms with E-state index in [0.717, 1.165) is 36.5 Å². The Labute approximate surface area is 219 Å². The van der Waals surface area contributed by atoms with Crippen molar-refractivity contribution < 1.29 is 9.18 Å². The van der Waals surface area contributed by atoms with Gasteiger partial charge in [0.25, 0.3) is 5.91 Å². The van der Waals surface area contributed by atoms with Crippen LogP contribution in [-0.2, 0) is 6.42 Å². The second kappa shape index (κ2) is 10.9. The van der Waals surface area contributed by atoms with E-state index in [1.807, 2.05) is 30.8 Å². The van der Waals surface area contributed by atoms with Gasteiger partial charge < -0.3 is 19.7 Å². The molecule has 2 aliphatic rings. The summed E-state index contributed by atoms with van der Waals surface area (Å²) in [5, 5.41) is 4.69. The first-order valence-electron chi connectivity index (χ1n) is 13.8. The van der Waals surface area contributed by atoms with Crippen LogP contribution in [0.3, 0.4) is 0 Å². The molecule has 2 saturated heterocycles. The van der Waals surface area contributed by atoms with Crippen LogP contribution < -0.4 is 5.32 Å². The Morgan fingerprint density at radius 2 is 1.97 bits per heavy atom. The molecule has 0 radical (unpaired) electrons. The summed E-state index contributed by atoms with van der Waals surface area (Å²) < 4.78 is 16.4. The molecule has 1 atom stereocenters. The Bertz CT molecular complexity index is 1250. The molecular weight excluding hydrogens is 465 g/mol. The number of nitrogens with one attached hydrogen (secondary N) is 1. The molecule has 5 rings (SSSR count). The highest BCUT2D eigenvalue weighted by Gasteiger charge is 2.26. The minimum absolute atomic E-state index is 0.0142. The summed E-state index contributed by atoms with van der Waals surface area (Å²) >= 11 is 0. The Kier molecular flexibility index (Phi) is 7.63. The van der Waals surface area contributed by atoms with E-state index >= 15 is 0 Å². The van der Waals surface area contributed by atoms with Gasteiger partial charge in [-0.25, -0.2) is 4.39 Å². The third-order valence-electron chi connectivity index (χ3n) is 8.42. The van der Waals surface area contributed by atoms with E-state index in [4.69, 9.17) is 0 Å². The number of aromatic nitrogens is 2. The van der Waals surface area contributed by atoms with E-state index in [0.29, 0.717) is 17.2 Å². The van der Waals surface area contributed by atoms with Crippen molar-refractivity contribution >= 4 is 16.8 Å². The maximum Gasteiger partial charge on any atom is 0.256 e. The Morgan fingerprint density at radius 3 is 2.68 bits per heavy atom. The lowest BCUT2D eigenvalue weighted by Gasteiger charge is -2.33. The van der Waals surface area contributed by atoms with Crippen LogP contribution in [0.2, 0.25) is 0 Å². The summed E-state index contributed by atoms with van der Waals surface area (Å²) in [5.41, 5.74) is 4.45. The summed E-state index contributed by atoms with van der Waals surface area (Å²) in [6, 6.07) is 4.53. The smallest absolute Gasteiger partial charge is 0.256 e. The number of amides is 1. The SMILES string of the molecule is Cc1cncc2c1c(CC1CCN(C[C@@H]3CCNC3)CC1)cn2-c1ccc(F)cc1C(=O)N(C)C(C)C. The van der Waals surface area contributed by atoms with Crippen LogP contribution in [0.4, 0.5) is 4.39 Å². The lowest BCUT2D eigenvalue weighted by atomic mass is 9.89. The van der Waals surface area contributed by atoms with Crippen molar-refractivity contribution in [3.05, 3.63) is 59.3 Å². The summed E-state index contributed by atoms with van der Waals surface area (Å²) in [5.74, 6) is 0.840. The highest BCUT2D eigenvalue weighted by Crippen LogP contribution is 2.33. The molecule has 0 unspecified atom stereocenters. The van der Waals surface area contributed by atoms with Crippen molar-refractivity contribution in [1.29, 1.82) is 0 Å². The van der Waals surface area contributed by atoms with Crippen molar-refractivity contribution in [2.24, 2.45) is 11.8 Å². The molecule has 0 bridgehead atoms. The summed E-state index contributed by atoms with van der Waals surface area (Å²) in [4.78, 5) is 22.1. The molecule has 2 aliphatic heterocycles. The zero-order chi connectivity index (χ0) is 26.1. The van der Waals surface area contributed by atoms with Gasteiger partial charge in [0.2, 0.25) is 0 Å². The number of fused-ring (bicyclic) bond motifs is 1. The number of aryl methyl sites for hydroxylation is 1. The van der Waals surface area contributed by atoms with Crippen molar-refractivity contribution in [1.82, 2.24) is 24.7 Å². The van der Waals surface area contributed by atoms with Crippen LogP contribution in [-0.4, -0.2) is 71.1 Å². The third kappa shape index (κ3) is 5.43. The van der Waals surface area contributed by atoms with Crippen molar-refractivity contribution in [2.45, 2.75) is 52.5 Å². The number of carbonyl (C=O) groups is 1. The fraction of sp³-hybridized carbons (Fsp3) is 0.533. The van der Waals surface area contributed by atoms with Crippen molar-refractivity contribution in [3.63, 3.8) is 0 Å². The Morgan fingerprint density at radius 1 is 1.19 bits per heavy atom. The number of benzene rings is 1. The minimum atomic E-state index is -0.407. The molecular formula is C30H40FN5O. The van der Waals surface area contributed by atoms with Gasteiger partial charge in [-0.1, -0.05) is 0 Å². The molecule has 1 amide bonds. The maximum atomic E-state index is 14.3.